The zero-order valence-corrected chi connectivity index (χ0v) is 22.6. The molecule has 0 radical (unpaired) electrons. The number of pyridine rings is 1. The topological polar surface area (TPSA) is 80.0 Å². The molecule has 3 aromatic heterocycles. The van der Waals surface area contributed by atoms with Crippen LogP contribution in [-0.4, -0.2) is 72.2 Å². The van der Waals surface area contributed by atoms with Gasteiger partial charge in [0.15, 0.2) is 0 Å². The van der Waals surface area contributed by atoms with Crippen molar-refractivity contribution in [1.29, 1.82) is 0 Å². The molecule has 4 heterocycles. The predicted molar refractivity (Wildman–Crippen MR) is 149 cm³/mol. The number of hydrogen-bond donors (Lipinski definition) is 0. The number of nitrogens with zero attached hydrogens (tertiary/aromatic N) is 7. The molecule has 1 fully saturated rings. The Kier molecular flexibility index (Phi) is 7.33. The lowest BCUT2D eigenvalue weighted by Crippen LogP contribution is -2.54. The highest BCUT2D eigenvalue weighted by Crippen LogP contribution is 2.29. The van der Waals surface area contributed by atoms with E-state index >= 15 is 0 Å². The fraction of sp³-hybridized carbons (Fsp3) is 0.367. The molecule has 1 aliphatic rings. The van der Waals surface area contributed by atoms with Crippen molar-refractivity contribution in [2.75, 3.05) is 26.2 Å². The standard InChI is InChI=1S/C30H35N7O/c1-5-37-21-25(28(34-37)24-7-6-13-31-20-24)26-12-14-32-27(33-26)19-22-8-10-23(11-9-22)29(38)35-15-17-36(18-16-35)30(2,3)4/h6-14,20-21H,5,15-19H2,1-4H3. The maximum atomic E-state index is 13.1. The van der Waals surface area contributed by atoms with Crippen molar-refractivity contribution < 1.29 is 4.79 Å². The summed E-state index contributed by atoms with van der Waals surface area (Å²) in [6.07, 6.45) is 7.98. The molecule has 5 rings (SSSR count). The van der Waals surface area contributed by atoms with Gasteiger partial charge >= 0.3 is 0 Å². The largest absolute Gasteiger partial charge is 0.336 e. The molecular formula is C30H35N7O. The summed E-state index contributed by atoms with van der Waals surface area (Å²) < 4.78 is 1.91. The number of carbonyl (C=O) groups is 1. The molecule has 0 saturated carbocycles. The number of carbonyl (C=O) groups excluding carboxylic acids is 1. The minimum atomic E-state index is 0.0965. The summed E-state index contributed by atoms with van der Waals surface area (Å²) in [5.74, 6) is 0.820. The summed E-state index contributed by atoms with van der Waals surface area (Å²) in [5, 5.41) is 4.75. The van der Waals surface area contributed by atoms with Gasteiger partial charge in [-0.05, 0) is 63.6 Å². The Morgan fingerprint density at radius 2 is 1.74 bits per heavy atom. The molecule has 0 spiro atoms. The Morgan fingerprint density at radius 1 is 0.974 bits per heavy atom. The van der Waals surface area contributed by atoms with Crippen LogP contribution < -0.4 is 0 Å². The Bertz CT molecular complexity index is 1380. The van der Waals surface area contributed by atoms with E-state index in [0.717, 1.165) is 72.2 Å². The second kappa shape index (κ2) is 10.8. The minimum absolute atomic E-state index is 0.0965. The van der Waals surface area contributed by atoms with Crippen LogP contribution in [0.25, 0.3) is 22.5 Å². The molecule has 0 N–H and O–H groups in total. The molecule has 0 atom stereocenters. The van der Waals surface area contributed by atoms with E-state index in [2.05, 4.69) is 42.6 Å². The van der Waals surface area contributed by atoms with Crippen molar-refractivity contribution in [3.05, 3.63) is 84.2 Å². The smallest absolute Gasteiger partial charge is 0.253 e. The normalized spacial score (nSPS) is 14.6. The zero-order valence-electron chi connectivity index (χ0n) is 22.6. The van der Waals surface area contributed by atoms with Gasteiger partial charge in [0.2, 0.25) is 0 Å². The lowest BCUT2D eigenvalue weighted by atomic mass is 10.0. The average Bonchev–Trinajstić information content (AvgIpc) is 3.38. The number of hydrogen-bond acceptors (Lipinski definition) is 6. The first-order valence-corrected chi connectivity index (χ1v) is 13.2. The lowest BCUT2D eigenvalue weighted by Gasteiger charge is -2.42. The van der Waals surface area contributed by atoms with Gasteiger partial charge in [-0.2, -0.15) is 5.10 Å². The quantitative estimate of drug-likeness (QED) is 0.379. The van der Waals surface area contributed by atoms with E-state index in [9.17, 15) is 4.79 Å². The van der Waals surface area contributed by atoms with Crippen molar-refractivity contribution in [2.45, 2.75) is 46.2 Å². The van der Waals surface area contributed by atoms with Crippen molar-refractivity contribution in [3.8, 4) is 22.5 Å². The first kappa shape index (κ1) is 25.7. The summed E-state index contributed by atoms with van der Waals surface area (Å²) in [7, 11) is 0. The molecule has 1 aliphatic heterocycles. The number of rotatable bonds is 6. The van der Waals surface area contributed by atoms with Crippen molar-refractivity contribution in [3.63, 3.8) is 0 Å². The van der Waals surface area contributed by atoms with Crippen LogP contribution in [0.15, 0.2) is 67.3 Å². The summed E-state index contributed by atoms with van der Waals surface area (Å²) in [6.45, 7) is 12.8. The van der Waals surface area contributed by atoms with Crippen LogP contribution in [0.2, 0.25) is 0 Å². The second-order valence-corrected chi connectivity index (χ2v) is 10.7. The van der Waals surface area contributed by atoms with Crippen LogP contribution in [0.3, 0.4) is 0 Å². The minimum Gasteiger partial charge on any atom is -0.336 e. The summed E-state index contributed by atoms with van der Waals surface area (Å²) >= 11 is 0. The van der Waals surface area contributed by atoms with Crippen LogP contribution >= 0.6 is 0 Å². The first-order valence-electron chi connectivity index (χ1n) is 13.2. The molecular weight excluding hydrogens is 474 g/mol. The fourth-order valence-corrected chi connectivity index (χ4v) is 4.83. The Morgan fingerprint density at radius 3 is 2.39 bits per heavy atom. The molecule has 1 amide bonds. The van der Waals surface area contributed by atoms with E-state index in [4.69, 9.17) is 10.1 Å². The Labute approximate surface area is 224 Å². The summed E-state index contributed by atoms with van der Waals surface area (Å²) in [5.41, 5.74) is 5.51. The van der Waals surface area contributed by atoms with Crippen LogP contribution in [-0.2, 0) is 13.0 Å². The molecule has 8 heteroatoms. The molecule has 0 aliphatic carbocycles. The second-order valence-electron chi connectivity index (χ2n) is 10.7. The summed E-state index contributed by atoms with van der Waals surface area (Å²) in [6, 6.07) is 13.7. The van der Waals surface area contributed by atoms with Gasteiger partial charge in [-0.25, -0.2) is 9.97 Å². The van der Waals surface area contributed by atoms with Crippen LogP contribution in [0.5, 0.6) is 0 Å². The third-order valence-corrected chi connectivity index (χ3v) is 7.08. The third-order valence-electron chi connectivity index (χ3n) is 7.08. The highest BCUT2D eigenvalue weighted by atomic mass is 16.2. The Hall–Kier alpha value is -3.91. The lowest BCUT2D eigenvalue weighted by molar-refractivity contribution is 0.0451. The monoisotopic (exact) mass is 509 g/mol. The number of aromatic nitrogens is 5. The first-order chi connectivity index (χ1) is 18.3. The molecule has 196 valence electrons. The molecule has 4 aromatic rings. The highest BCUT2D eigenvalue weighted by Gasteiger charge is 2.28. The van der Waals surface area contributed by atoms with Gasteiger partial charge in [-0.3, -0.25) is 19.4 Å². The maximum absolute atomic E-state index is 13.1. The number of amides is 1. The SMILES string of the molecule is CCn1cc(-c2ccnc(Cc3ccc(C(=O)N4CCN(C(C)(C)C)CC4)cc3)n2)c(-c2cccnc2)n1. The predicted octanol–water partition coefficient (Wildman–Crippen LogP) is 4.57. The number of aryl methyl sites for hydroxylation is 1. The van der Waals surface area contributed by atoms with Crippen molar-refractivity contribution >= 4 is 5.91 Å². The van der Waals surface area contributed by atoms with E-state index < -0.39 is 0 Å². The molecule has 1 aromatic carbocycles. The third kappa shape index (κ3) is 5.65. The van der Waals surface area contributed by atoms with Gasteiger partial charge in [-0.1, -0.05) is 12.1 Å². The molecule has 0 unspecified atom stereocenters. The van der Waals surface area contributed by atoms with Gasteiger partial charge in [0.05, 0.1) is 5.69 Å². The van der Waals surface area contributed by atoms with E-state index in [1.165, 1.54) is 0 Å². The summed E-state index contributed by atoms with van der Waals surface area (Å²) in [4.78, 5) is 31.1. The molecule has 38 heavy (non-hydrogen) atoms. The van der Waals surface area contributed by atoms with Crippen LogP contribution in [0.1, 0.15) is 49.4 Å². The van der Waals surface area contributed by atoms with E-state index in [1.807, 2.05) is 64.4 Å². The molecule has 0 bridgehead atoms. The van der Waals surface area contributed by atoms with Crippen LogP contribution in [0, 0.1) is 0 Å². The van der Waals surface area contributed by atoms with Gasteiger partial charge in [0.1, 0.15) is 11.5 Å². The van der Waals surface area contributed by atoms with Gasteiger partial charge in [0, 0.05) is 86.2 Å². The molecule has 1 saturated heterocycles. The highest BCUT2D eigenvalue weighted by molar-refractivity contribution is 5.94. The zero-order chi connectivity index (χ0) is 26.7. The van der Waals surface area contributed by atoms with E-state index in [1.54, 1.807) is 12.4 Å². The van der Waals surface area contributed by atoms with Gasteiger partial charge in [0.25, 0.3) is 5.91 Å². The van der Waals surface area contributed by atoms with Gasteiger partial charge in [-0.15, -0.1) is 0 Å². The number of piperazine rings is 1. The fourth-order valence-electron chi connectivity index (χ4n) is 4.83. The maximum Gasteiger partial charge on any atom is 0.253 e. The Balaban J connectivity index is 1.29. The van der Waals surface area contributed by atoms with Crippen molar-refractivity contribution in [2.24, 2.45) is 0 Å². The van der Waals surface area contributed by atoms with Crippen molar-refractivity contribution in [1.82, 2.24) is 34.5 Å². The van der Waals surface area contributed by atoms with E-state index in [0.29, 0.717) is 6.42 Å². The van der Waals surface area contributed by atoms with Crippen LogP contribution in [0.4, 0.5) is 0 Å². The number of benzene rings is 1. The van der Waals surface area contributed by atoms with E-state index in [-0.39, 0.29) is 11.4 Å². The molecule has 8 nitrogen and oxygen atoms in total. The van der Waals surface area contributed by atoms with Gasteiger partial charge < -0.3 is 4.90 Å². The average molecular weight is 510 g/mol.